The molecule has 0 amide bonds. The molecule has 0 bridgehead atoms. The summed E-state index contributed by atoms with van der Waals surface area (Å²) in [5.74, 6) is -1.65. The molecule has 10 nitrogen and oxygen atoms in total. The molecule has 0 aliphatic carbocycles. The van der Waals surface area contributed by atoms with Crippen LogP contribution in [-0.4, -0.2) is 66.3 Å². The number of rotatable bonds is 5. The number of carbonyl (C=O) groups is 3. The van der Waals surface area contributed by atoms with Crippen molar-refractivity contribution >= 4 is 17.9 Å². The van der Waals surface area contributed by atoms with Crippen LogP contribution >= 0.6 is 0 Å². The molecule has 0 aromatic heterocycles. The standard InChI is InChI=1S/C19H22N4O6/c1-11(24)27-15-8-9-23-10-14(21-22-20)17(18(16(15)23)28-12(2)25)29-19(26)13-6-4-3-5-7-13/h3-7,14-18H,8-10H2,1-2H3/t14-,15-,16+,17?,18+/m0/s1. The highest BCUT2D eigenvalue weighted by atomic mass is 16.6. The Balaban J connectivity index is 1.93. The topological polar surface area (TPSA) is 131 Å². The lowest BCUT2D eigenvalue weighted by atomic mass is 9.91. The number of carbonyl (C=O) groups excluding carboxylic acids is 3. The fourth-order valence-electron chi connectivity index (χ4n) is 3.99. The first-order valence-electron chi connectivity index (χ1n) is 9.29. The summed E-state index contributed by atoms with van der Waals surface area (Å²) in [6.07, 6.45) is -1.96. The van der Waals surface area contributed by atoms with Crippen LogP contribution in [0.2, 0.25) is 0 Å². The van der Waals surface area contributed by atoms with Crippen LogP contribution in [0.1, 0.15) is 30.6 Å². The lowest BCUT2D eigenvalue weighted by Gasteiger charge is -2.44. The number of hydrogen-bond donors (Lipinski definition) is 0. The Morgan fingerprint density at radius 3 is 2.38 bits per heavy atom. The fraction of sp³-hybridized carbons (Fsp3) is 0.526. The summed E-state index contributed by atoms with van der Waals surface area (Å²) in [4.78, 5) is 40.8. The van der Waals surface area contributed by atoms with E-state index < -0.39 is 48.3 Å². The highest BCUT2D eigenvalue weighted by molar-refractivity contribution is 5.89. The zero-order valence-electron chi connectivity index (χ0n) is 16.1. The maximum Gasteiger partial charge on any atom is 0.338 e. The van der Waals surface area contributed by atoms with Crippen LogP contribution in [0.15, 0.2) is 35.4 Å². The van der Waals surface area contributed by atoms with Gasteiger partial charge in [-0.15, -0.1) is 0 Å². The quantitative estimate of drug-likeness (QED) is 0.241. The SMILES string of the molecule is CC(=O)O[C@H]1CCN2C[C@H](N=[N+]=[N-])C(OC(=O)c3ccccc3)[C@H](OC(C)=O)[C@@H]12. The van der Waals surface area contributed by atoms with Crippen LogP contribution in [0.5, 0.6) is 0 Å². The second-order valence-corrected chi connectivity index (χ2v) is 7.00. The molecule has 10 heteroatoms. The molecule has 5 atom stereocenters. The van der Waals surface area contributed by atoms with Crippen molar-refractivity contribution in [1.82, 2.24) is 4.90 Å². The molecule has 29 heavy (non-hydrogen) atoms. The second-order valence-electron chi connectivity index (χ2n) is 7.00. The van der Waals surface area contributed by atoms with Gasteiger partial charge in [0.25, 0.3) is 0 Å². The van der Waals surface area contributed by atoms with E-state index in [1.165, 1.54) is 13.8 Å². The van der Waals surface area contributed by atoms with Crippen molar-refractivity contribution in [2.75, 3.05) is 13.1 Å². The van der Waals surface area contributed by atoms with Crippen molar-refractivity contribution in [2.45, 2.75) is 50.7 Å². The van der Waals surface area contributed by atoms with Crippen LogP contribution in [0.25, 0.3) is 10.4 Å². The first-order valence-corrected chi connectivity index (χ1v) is 9.29. The zero-order valence-corrected chi connectivity index (χ0v) is 16.1. The molecule has 0 N–H and O–H groups in total. The predicted molar refractivity (Wildman–Crippen MR) is 99.7 cm³/mol. The molecule has 2 saturated heterocycles. The maximum atomic E-state index is 12.6. The van der Waals surface area contributed by atoms with Gasteiger partial charge in [-0.25, -0.2) is 4.79 Å². The van der Waals surface area contributed by atoms with E-state index in [0.29, 0.717) is 18.5 Å². The number of nitrogens with zero attached hydrogens (tertiary/aromatic N) is 4. The van der Waals surface area contributed by atoms with Gasteiger partial charge in [-0.1, -0.05) is 23.3 Å². The van der Waals surface area contributed by atoms with Crippen molar-refractivity contribution < 1.29 is 28.6 Å². The average molecular weight is 402 g/mol. The van der Waals surface area contributed by atoms with Gasteiger partial charge < -0.3 is 14.2 Å². The minimum atomic E-state index is -1.01. The molecule has 154 valence electrons. The fourth-order valence-corrected chi connectivity index (χ4v) is 3.99. The van der Waals surface area contributed by atoms with Crippen molar-refractivity contribution in [3.63, 3.8) is 0 Å². The molecule has 2 fully saturated rings. The van der Waals surface area contributed by atoms with E-state index in [2.05, 4.69) is 10.0 Å². The molecular formula is C19H22N4O6. The second kappa shape index (κ2) is 8.93. The Morgan fingerprint density at radius 2 is 1.76 bits per heavy atom. The van der Waals surface area contributed by atoms with E-state index in [1.54, 1.807) is 30.3 Å². The normalized spacial score (nSPS) is 28.6. The van der Waals surface area contributed by atoms with Gasteiger partial charge in [0.05, 0.1) is 17.6 Å². The summed E-state index contributed by atoms with van der Waals surface area (Å²) in [6, 6.07) is 7.09. The van der Waals surface area contributed by atoms with Gasteiger partial charge in [0.15, 0.2) is 12.2 Å². The summed E-state index contributed by atoms with van der Waals surface area (Å²) in [6.45, 7) is 3.41. The largest absolute Gasteiger partial charge is 0.461 e. The summed E-state index contributed by atoms with van der Waals surface area (Å²) in [5, 5.41) is 3.78. The number of piperidine rings is 1. The summed E-state index contributed by atoms with van der Waals surface area (Å²) >= 11 is 0. The molecule has 0 saturated carbocycles. The van der Waals surface area contributed by atoms with Crippen molar-refractivity contribution in [2.24, 2.45) is 5.11 Å². The number of fused-ring (bicyclic) bond motifs is 1. The Bertz CT molecular complexity index is 825. The first kappa shape index (κ1) is 20.6. The van der Waals surface area contributed by atoms with Crippen LogP contribution < -0.4 is 0 Å². The zero-order chi connectivity index (χ0) is 21.0. The maximum absolute atomic E-state index is 12.6. The minimum Gasteiger partial charge on any atom is -0.461 e. The summed E-state index contributed by atoms with van der Waals surface area (Å²) in [5.41, 5.74) is 9.31. The highest BCUT2D eigenvalue weighted by Gasteiger charge is 2.54. The number of azide groups is 1. The minimum absolute atomic E-state index is 0.289. The lowest BCUT2D eigenvalue weighted by Crippen LogP contribution is -2.63. The molecular weight excluding hydrogens is 380 g/mol. The van der Waals surface area contributed by atoms with Crippen molar-refractivity contribution in [3.05, 3.63) is 46.3 Å². The van der Waals surface area contributed by atoms with E-state index in [1.807, 2.05) is 4.90 Å². The van der Waals surface area contributed by atoms with Crippen LogP contribution in [0.3, 0.4) is 0 Å². The molecule has 0 spiro atoms. The van der Waals surface area contributed by atoms with E-state index in [-0.39, 0.29) is 6.54 Å². The Morgan fingerprint density at radius 1 is 1.07 bits per heavy atom. The highest BCUT2D eigenvalue weighted by Crippen LogP contribution is 2.35. The molecule has 2 heterocycles. The van der Waals surface area contributed by atoms with Gasteiger partial charge in [-0.3, -0.25) is 14.5 Å². The number of benzene rings is 1. The molecule has 2 aliphatic heterocycles. The van der Waals surface area contributed by atoms with Gasteiger partial charge in [-0.05, 0) is 24.1 Å². The van der Waals surface area contributed by atoms with Crippen LogP contribution in [0, 0.1) is 0 Å². The Kier molecular flexibility index (Phi) is 6.36. The monoisotopic (exact) mass is 402 g/mol. The van der Waals surface area contributed by atoms with E-state index in [4.69, 9.17) is 19.7 Å². The molecule has 0 radical (unpaired) electrons. The Hall–Kier alpha value is -3.10. The van der Waals surface area contributed by atoms with Gasteiger partial charge in [-0.2, -0.15) is 0 Å². The van der Waals surface area contributed by atoms with Gasteiger partial charge >= 0.3 is 17.9 Å². The molecule has 1 aromatic rings. The predicted octanol–water partition coefficient (Wildman–Crippen LogP) is 1.84. The van der Waals surface area contributed by atoms with Gasteiger partial charge in [0.2, 0.25) is 0 Å². The Labute approximate surface area is 167 Å². The van der Waals surface area contributed by atoms with E-state index in [9.17, 15) is 14.4 Å². The summed E-state index contributed by atoms with van der Waals surface area (Å²) < 4.78 is 16.6. The third-order valence-electron chi connectivity index (χ3n) is 5.04. The summed E-state index contributed by atoms with van der Waals surface area (Å²) in [7, 11) is 0. The van der Waals surface area contributed by atoms with Crippen LogP contribution in [0.4, 0.5) is 0 Å². The molecule has 1 unspecified atom stereocenters. The molecule has 1 aromatic carbocycles. The third kappa shape index (κ3) is 4.67. The number of hydrogen-bond acceptors (Lipinski definition) is 8. The van der Waals surface area contributed by atoms with Crippen molar-refractivity contribution in [3.8, 4) is 0 Å². The van der Waals surface area contributed by atoms with Gasteiger partial charge in [0.1, 0.15) is 6.10 Å². The van der Waals surface area contributed by atoms with Gasteiger partial charge in [0, 0.05) is 31.8 Å². The van der Waals surface area contributed by atoms with Crippen LogP contribution in [-0.2, 0) is 23.8 Å². The number of esters is 3. The lowest BCUT2D eigenvalue weighted by molar-refractivity contribution is -0.173. The smallest absolute Gasteiger partial charge is 0.338 e. The third-order valence-corrected chi connectivity index (χ3v) is 5.04. The number of ether oxygens (including phenoxy) is 3. The van der Waals surface area contributed by atoms with E-state index >= 15 is 0 Å². The molecule has 3 rings (SSSR count). The van der Waals surface area contributed by atoms with E-state index in [0.717, 1.165) is 0 Å². The average Bonchev–Trinajstić information content (AvgIpc) is 3.06. The molecule has 2 aliphatic rings. The van der Waals surface area contributed by atoms with Crippen molar-refractivity contribution in [1.29, 1.82) is 0 Å². The first-order chi connectivity index (χ1) is 13.9.